The molecule has 0 aliphatic heterocycles. The fraction of sp³-hybridized carbons (Fsp3) is 0.444. The normalized spacial score (nSPS) is 14.0. The van der Waals surface area contributed by atoms with E-state index in [0.29, 0.717) is 0 Å². The highest BCUT2D eigenvalue weighted by molar-refractivity contribution is 9.11. The van der Waals surface area contributed by atoms with Crippen LogP contribution < -0.4 is 4.72 Å². The van der Waals surface area contributed by atoms with Crippen LogP contribution in [0.15, 0.2) is 14.7 Å². The summed E-state index contributed by atoms with van der Waals surface area (Å²) in [6, 6.07) is 0.961. The molecular formula is C9H9BrF3NO5S2. The number of hydrogen-bond donors (Lipinski definition) is 2. The van der Waals surface area contributed by atoms with Crippen LogP contribution in [0.1, 0.15) is 9.67 Å². The zero-order chi connectivity index (χ0) is 16.4. The first kappa shape index (κ1) is 18.4. The van der Waals surface area contributed by atoms with E-state index in [0.717, 1.165) is 24.5 Å². The number of ether oxygens (including phenoxy) is 1. The molecular weight excluding hydrogens is 403 g/mol. The minimum atomic E-state index is -4.94. The third-order valence-electron chi connectivity index (χ3n) is 2.18. The van der Waals surface area contributed by atoms with Crippen LogP contribution in [0.25, 0.3) is 0 Å². The van der Waals surface area contributed by atoms with Crippen molar-refractivity contribution in [1.29, 1.82) is 0 Å². The Morgan fingerprint density at radius 3 is 2.62 bits per heavy atom. The average molecular weight is 412 g/mol. The fourth-order valence-electron chi connectivity index (χ4n) is 1.12. The number of esters is 1. The van der Waals surface area contributed by atoms with E-state index < -0.39 is 39.7 Å². The Morgan fingerprint density at radius 1 is 1.57 bits per heavy atom. The van der Waals surface area contributed by atoms with Crippen molar-refractivity contribution >= 4 is 43.3 Å². The smallest absolute Gasteiger partial charge is 0.415 e. The number of alkyl halides is 3. The third-order valence-corrected chi connectivity index (χ3v) is 5.83. The molecule has 0 bridgehead atoms. The van der Waals surface area contributed by atoms with Gasteiger partial charge in [-0.05, 0) is 22.0 Å². The summed E-state index contributed by atoms with van der Waals surface area (Å²) >= 11 is 3.66. The molecule has 0 aliphatic carbocycles. The van der Waals surface area contributed by atoms with Gasteiger partial charge in [-0.2, -0.15) is 13.2 Å². The summed E-state index contributed by atoms with van der Waals surface area (Å²) in [4.78, 5) is 10.8. The fourth-order valence-corrected chi connectivity index (χ4v) is 4.64. The van der Waals surface area contributed by atoms with Crippen LogP contribution in [0.3, 0.4) is 0 Å². The lowest BCUT2D eigenvalue weighted by Crippen LogP contribution is -2.40. The van der Waals surface area contributed by atoms with E-state index in [4.69, 9.17) is 5.11 Å². The van der Waals surface area contributed by atoms with Gasteiger partial charge in [-0.25, -0.2) is 17.9 Å². The highest BCUT2D eigenvalue weighted by Gasteiger charge is 2.39. The molecule has 1 unspecified atom stereocenters. The van der Waals surface area contributed by atoms with Crippen molar-refractivity contribution in [2.75, 3.05) is 13.7 Å². The van der Waals surface area contributed by atoms with Crippen molar-refractivity contribution in [2.24, 2.45) is 0 Å². The van der Waals surface area contributed by atoms with Gasteiger partial charge >= 0.3 is 12.1 Å². The topological polar surface area (TPSA) is 92.7 Å². The van der Waals surface area contributed by atoms with Gasteiger partial charge in [-0.15, -0.1) is 11.3 Å². The zero-order valence-corrected chi connectivity index (χ0v) is 13.5. The van der Waals surface area contributed by atoms with Crippen LogP contribution in [0.2, 0.25) is 0 Å². The summed E-state index contributed by atoms with van der Waals surface area (Å²) in [5, 5.41) is 8.76. The minimum absolute atomic E-state index is 0.0249. The predicted octanol–water partition coefficient (Wildman–Crippen LogP) is 1.50. The van der Waals surface area contributed by atoms with Crippen molar-refractivity contribution in [3.63, 3.8) is 0 Å². The Labute approximate surface area is 130 Å². The molecule has 21 heavy (non-hydrogen) atoms. The molecule has 0 radical (unpaired) electrons. The first-order valence-corrected chi connectivity index (χ1v) is 8.20. The minimum Gasteiger partial charge on any atom is -0.465 e. The van der Waals surface area contributed by atoms with Gasteiger partial charge in [0.05, 0.1) is 10.9 Å². The summed E-state index contributed by atoms with van der Waals surface area (Å²) in [6.07, 6.45) is -7.77. The lowest BCUT2D eigenvalue weighted by Gasteiger charge is -2.14. The Kier molecular flexibility index (Phi) is 5.77. The van der Waals surface area contributed by atoms with Crippen LogP contribution in [0, 0.1) is 0 Å². The number of hydrogen-bond acceptors (Lipinski definition) is 6. The Morgan fingerprint density at radius 2 is 2.14 bits per heavy atom. The summed E-state index contributed by atoms with van der Waals surface area (Å²) in [5.41, 5.74) is 0. The van der Waals surface area contributed by atoms with Crippen molar-refractivity contribution in [3.8, 4) is 0 Å². The van der Waals surface area contributed by atoms with Crippen LogP contribution in [0.5, 0.6) is 0 Å². The van der Waals surface area contributed by atoms with Gasteiger partial charge in [0.1, 0.15) is 9.77 Å². The number of nitrogens with one attached hydrogen (secondary N) is 1. The van der Waals surface area contributed by atoms with Crippen LogP contribution in [-0.2, 0) is 14.8 Å². The van der Waals surface area contributed by atoms with Crippen molar-refractivity contribution < 1.29 is 36.2 Å². The molecule has 0 spiro atoms. The number of halogens is 4. The van der Waals surface area contributed by atoms with Gasteiger partial charge in [0.2, 0.25) is 10.0 Å². The van der Waals surface area contributed by atoms with Gasteiger partial charge in [0.15, 0.2) is 6.10 Å². The SMILES string of the molecule is COC(=O)c1cc(S(=O)(=O)NCC(O)C(F)(F)F)c(Br)s1. The number of carbonyl (C=O) groups is 1. The highest BCUT2D eigenvalue weighted by atomic mass is 79.9. The molecule has 120 valence electrons. The molecule has 0 saturated carbocycles. The molecule has 0 aromatic carbocycles. The molecule has 1 aromatic rings. The monoisotopic (exact) mass is 411 g/mol. The summed E-state index contributed by atoms with van der Waals surface area (Å²) in [6.45, 7) is -1.23. The molecule has 0 fully saturated rings. The lowest BCUT2D eigenvalue weighted by atomic mass is 10.4. The van der Waals surface area contributed by atoms with Crippen molar-refractivity contribution in [2.45, 2.75) is 17.2 Å². The second-order valence-electron chi connectivity index (χ2n) is 3.65. The molecule has 0 aliphatic rings. The quantitative estimate of drug-likeness (QED) is 0.716. The number of aliphatic hydroxyl groups excluding tert-OH is 1. The summed E-state index contributed by atoms with van der Waals surface area (Å²) < 4.78 is 66.1. The Balaban J connectivity index is 2.94. The zero-order valence-electron chi connectivity index (χ0n) is 10.3. The number of thiophene rings is 1. The molecule has 0 amide bonds. The number of sulfonamides is 1. The summed E-state index contributed by atoms with van der Waals surface area (Å²) in [5.74, 6) is -0.780. The van der Waals surface area contributed by atoms with Gasteiger partial charge in [-0.1, -0.05) is 0 Å². The van der Waals surface area contributed by atoms with Gasteiger partial charge in [-0.3, -0.25) is 0 Å². The van der Waals surface area contributed by atoms with E-state index in [1.165, 1.54) is 0 Å². The van der Waals surface area contributed by atoms with E-state index in [1.54, 1.807) is 4.72 Å². The molecule has 6 nitrogen and oxygen atoms in total. The standard InChI is InChI=1S/C9H9BrF3NO5S2/c1-19-8(16)4-2-5(7(10)20-4)21(17,18)14-3-6(15)9(11,12)13/h2,6,14-15H,3H2,1H3. The average Bonchev–Trinajstić information content (AvgIpc) is 2.76. The number of carbonyl (C=O) groups excluding carboxylic acids is 1. The summed E-state index contributed by atoms with van der Waals surface area (Å²) in [7, 11) is -3.22. The van der Waals surface area contributed by atoms with Crippen molar-refractivity contribution in [3.05, 3.63) is 14.7 Å². The maximum absolute atomic E-state index is 12.1. The van der Waals surface area contributed by atoms with Crippen molar-refractivity contribution in [1.82, 2.24) is 4.72 Å². The van der Waals surface area contributed by atoms with Crippen LogP contribution in [-0.4, -0.2) is 45.4 Å². The van der Waals surface area contributed by atoms with Crippen LogP contribution in [0.4, 0.5) is 13.2 Å². The van der Waals surface area contributed by atoms with Gasteiger partial charge in [0, 0.05) is 6.54 Å². The molecule has 1 rings (SSSR count). The largest absolute Gasteiger partial charge is 0.465 e. The van der Waals surface area contributed by atoms with E-state index in [-0.39, 0.29) is 8.66 Å². The number of rotatable bonds is 5. The van der Waals surface area contributed by atoms with E-state index in [1.807, 2.05) is 0 Å². The maximum Gasteiger partial charge on any atom is 0.415 e. The van der Waals surface area contributed by atoms with E-state index >= 15 is 0 Å². The molecule has 1 aromatic heterocycles. The second-order valence-corrected chi connectivity index (χ2v) is 7.75. The number of aliphatic hydroxyl groups is 1. The molecule has 0 saturated heterocycles. The van der Waals surface area contributed by atoms with Gasteiger partial charge < -0.3 is 9.84 Å². The highest BCUT2D eigenvalue weighted by Crippen LogP contribution is 2.32. The molecule has 12 heteroatoms. The maximum atomic E-state index is 12.1. The second kappa shape index (κ2) is 6.60. The predicted molar refractivity (Wildman–Crippen MR) is 70.6 cm³/mol. The Hall–Kier alpha value is -0.690. The first-order valence-electron chi connectivity index (χ1n) is 5.11. The molecule has 2 N–H and O–H groups in total. The third kappa shape index (κ3) is 4.64. The Bertz CT molecular complexity index is 628. The van der Waals surface area contributed by atoms with Crippen LogP contribution >= 0.6 is 27.3 Å². The number of methoxy groups -OCH3 is 1. The van der Waals surface area contributed by atoms with E-state index in [9.17, 15) is 26.4 Å². The lowest BCUT2D eigenvalue weighted by molar-refractivity contribution is -0.200. The van der Waals surface area contributed by atoms with E-state index in [2.05, 4.69) is 20.7 Å². The van der Waals surface area contributed by atoms with Gasteiger partial charge in [0.25, 0.3) is 0 Å². The molecule has 1 heterocycles. The molecule has 1 atom stereocenters. The first-order chi connectivity index (χ1) is 9.49.